The summed E-state index contributed by atoms with van der Waals surface area (Å²) in [7, 11) is 0. The summed E-state index contributed by atoms with van der Waals surface area (Å²) in [4.78, 5) is 4.08. The second-order valence-electron chi connectivity index (χ2n) is 3.99. The van der Waals surface area contributed by atoms with Gasteiger partial charge in [0.2, 0.25) is 5.88 Å². The first kappa shape index (κ1) is 13.4. The molecule has 0 atom stereocenters. The molecular weight excluding hydrogens is 218 g/mol. The summed E-state index contributed by atoms with van der Waals surface area (Å²) in [5.74, 6) is 0.361. The van der Waals surface area contributed by atoms with Crippen molar-refractivity contribution in [2.24, 2.45) is 5.73 Å². The normalized spacial score (nSPS) is 10.6. The van der Waals surface area contributed by atoms with Gasteiger partial charge in [0.05, 0.1) is 18.3 Å². The molecule has 0 unspecified atom stereocenters. The van der Waals surface area contributed by atoms with Gasteiger partial charge in [-0.05, 0) is 32.4 Å². The van der Waals surface area contributed by atoms with Crippen molar-refractivity contribution in [3.63, 3.8) is 0 Å². The third-order valence-corrected chi connectivity index (χ3v) is 2.17. The number of pyridine rings is 1. The Bertz CT molecular complexity index is 391. The molecule has 17 heavy (non-hydrogen) atoms. The molecule has 0 aromatic carbocycles. The van der Waals surface area contributed by atoms with Crippen molar-refractivity contribution in [1.29, 1.82) is 5.41 Å². The van der Waals surface area contributed by atoms with Gasteiger partial charge in [0, 0.05) is 6.20 Å². The number of rotatable bonds is 6. The van der Waals surface area contributed by atoms with E-state index in [-0.39, 0.29) is 11.9 Å². The van der Waals surface area contributed by atoms with Crippen LogP contribution in [-0.4, -0.2) is 30.1 Å². The largest absolute Gasteiger partial charge is 0.475 e. The van der Waals surface area contributed by atoms with Crippen LogP contribution in [0.1, 0.15) is 25.0 Å². The highest BCUT2D eigenvalue weighted by atomic mass is 16.5. The lowest BCUT2D eigenvalue weighted by Crippen LogP contribution is -2.18. The van der Waals surface area contributed by atoms with Crippen molar-refractivity contribution in [3.05, 3.63) is 23.4 Å². The van der Waals surface area contributed by atoms with Gasteiger partial charge in [0.1, 0.15) is 12.4 Å². The second kappa shape index (κ2) is 6.20. The fourth-order valence-electron chi connectivity index (χ4n) is 1.39. The second-order valence-corrected chi connectivity index (χ2v) is 3.99. The summed E-state index contributed by atoms with van der Waals surface area (Å²) in [6, 6.07) is 1.80. The average Bonchev–Trinajstić information content (AvgIpc) is 2.23. The van der Waals surface area contributed by atoms with Crippen LogP contribution in [0.3, 0.4) is 0 Å². The number of aryl methyl sites for hydroxylation is 1. The van der Waals surface area contributed by atoms with E-state index in [0.717, 1.165) is 5.56 Å². The van der Waals surface area contributed by atoms with Crippen LogP contribution in [0.25, 0.3) is 0 Å². The molecular formula is C12H19N3O2. The minimum atomic E-state index is -0.0321. The Morgan fingerprint density at radius 2 is 2.18 bits per heavy atom. The Labute approximate surface area is 101 Å². The van der Waals surface area contributed by atoms with Gasteiger partial charge in [-0.15, -0.1) is 0 Å². The summed E-state index contributed by atoms with van der Waals surface area (Å²) in [6.07, 6.45) is 1.82. The lowest BCUT2D eigenvalue weighted by atomic mass is 10.1. The molecule has 0 bridgehead atoms. The third-order valence-electron chi connectivity index (χ3n) is 2.17. The number of nitrogens with zero attached hydrogens (tertiary/aromatic N) is 1. The molecule has 0 fully saturated rings. The fraction of sp³-hybridized carbons (Fsp3) is 0.500. The predicted molar refractivity (Wildman–Crippen MR) is 66.6 cm³/mol. The van der Waals surface area contributed by atoms with Gasteiger partial charge < -0.3 is 15.2 Å². The van der Waals surface area contributed by atoms with Crippen molar-refractivity contribution in [2.45, 2.75) is 26.9 Å². The highest BCUT2D eigenvalue weighted by Gasteiger charge is 2.11. The van der Waals surface area contributed by atoms with Gasteiger partial charge in [-0.3, -0.25) is 5.41 Å². The summed E-state index contributed by atoms with van der Waals surface area (Å²) in [5.41, 5.74) is 6.93. The summed E-state index contributed by atoms with van der Waals surface area (Å²) >= 11 is 0. The Kier molecular flexibility index (Phi) is 4.90. The molecule has 0 saturated carbocycles. The van der Waals surface area contributed by atoms with E-state index in [4.69, 9.17) is 20.6 Å². The van der Waals surface area contributed by atoms with Gasteiger partial charge in [0.15, 0.2) is 0 Å². The van der Waals surface area contributed by atoms with E-state index in [0.29, 0.717) is 24.7 Å². The monoisotopic (exact) mass is 237 g/mol. The highest BCUT2D eigenvalue weighted by molar-refractivity contribution is 5.98. The molecule has 0 aliphatic rings. The number of amidine groups is 1. The van der Waals surface area contributed by atoms with E-state index in [2.05, 4.69) is 4.98 Å². The van der Waals surface area contributed by atoms with Crippen molar-refractivity contribution >= 4 is 5.84 Å². The molecule has 3 N–H and O–H groups in total. The van der Waals surface area contributed by atoms with Crippen molar-refractivity contribution < 1.29 is 9.47 Å². The molecule has 1 rings (SSSR count). The number of hydrogen-bond acceptors (Lipinski definition) is 4. The van der Waals surface area contributed by atoms with Crippen LogP contribution in [-0.2, 0) is 4.74 Å². The first-order valence-corrected chi connectivity index (χ1v) is 5.56. The molecule has 0 spiro atoms. The maximum atomic E-state index is 7.49. The summed E-state index contributed by atoms with van der Waals surface area (Å²) < 4.78 is 10.8. The van der Waals surface area contributed by atoms with E-state index in [9.17, 15) is 0 Å². The smallest absolute Gasteiger partial charge is 0.224 e. The Hall–Kier alpha value is -1.62. The maximum Gasteiger partial charge on any atom is 0.224 e. The number of nitrogens with one attached hydrogen (secondary N) is 1. The zero-order valence-electron chi connectivity index (χ0n) is 10.5. The lowest BCUT2D eigenvalue weighted by Gasteiger charge is -2.12. The first-order valence-electron chi connectivity index (χ1n) is 5.56. The molecule has 0 amide bonds. The van der Waals surface area contributed by atoms with E-state index in [1.807, 2.05) is 20.8 Å². The van der Waals surface area contributed by atoms with Gasteiger partial charge in [-0.25, -0.2) is 4.98 Å². The first-order chi connectivity index (χ1) is 8.02. The average molecular weight is 237 g/mol. The fourth-order valence-corrected chi connectivity index (χ4v) is 1.39. The molecule has 0 aliphatic carbocycles. The number of nitrogen functional groups attached to an aromatic ring is 1. The molecule has 1 heterocycles. The summed E-state index contributed by atoms with van der Waals surface area (Å²) in [5, 5.41) is 7.49. The third kappa shape index (κ3) is 4.03. The number of ether oxygens (including phenoxy) is 2. The van der Waals surface area contributed by atoms with Crippen LogP contribution in [0, 0.1) is 12.3 Å². The highest BCUT2D eigenvalue weighted by Crippen LogP contribution is 2.17. The van der Waals surface area contributed by atoms with E-state index >= 15 is 0 Å². The van der Waals surface area contributed by atoms with Crippen LogP contribution in [0.2, 0.25) is 0 Å². The zero-order chi connectivity index (χ0) is 12.8. The van der Waals surface area contributed by atoms with Crippen LogP contribution in [0.4, 0.5) is 0 Å². The minimum absolute atomic E-state index is 0.0321. The molecule has 1 aromatic rings. The van der Waals surface area contributed by atoms with Gasteiger partial charge in [-0.1, -0.05) is 0 Å². The Morgan fingerprint density at radius 1 is 1.47 bits per heavy atom. The van der Waals surface area contributed by atoms with Crippen LogP contribution < -0.4 is 10.5 Å². The van der Waals surface area contributed by atoms with Crippen molar-refractivity contribution in [2.75, 3.05) is 13.2 Å². The van der Waals surface area contributed by atoms with Gasteiger partial charge >= 0.3 is 0 Å². The molecule has 0 saturated heterocycles. The SMILES string of the molecule is Cc1ccnc(OCCOC(C)C)c1C(=N)N. The van der Waals surface area contributed by atoms with Crippen LogP contribution in [0.5, 0.6) is 5.88 Å². The van der Waals surface area contributed by atoms with Crippen molar-refractivity contribution in [1.82, 2.24) is 4.98 Å². The number of aromatic nitrogens is 1. The van der Waals surface area contributed by atoms with E-state index in [1.54, 1.807) is 12.3 Å². The predicted octanol–water partition coefficient (Wildman–Crippen LogP) is 1.48. The van der Waals surface area contributed by atoms with Gasteiger partial charge in [0.25, 0.3) is 0 Å². The summed E-state index contributed by atoms with van der Waals surface area (Å²) in [6.45, 7) is 6.69. The van der Waals surface area contributed by atoms with Crippen molar-refractivity contribution in [3.8, 4) is 5.88 Å². The Morgan fingerprint density at radius 3 is 2.76 bits per heavy atom. The van der Waals surface area contributed by atoms with E-state index in [1.165, 1.54) is 0 Å². The molecule has 94 valence electrons. The molecule has 0 radical (unpaired) electrons. The number of hydrogen-bond donors (Lipinski definition) is 2. The maximum absolute atomic E-state index is 7.49. The molecule has 5 heteroatoms. The molecule has 5 nitrogen and oxygen atoms in total. The standard InChI is InChI=1S/C12H19N3O2/c1-8(2)16-6-7-17-12-10(11(13)14)9(3)4-5-15-12/h4-5,8H,6-7H2,1-3H3,(H3,13,14). The molecule has 0 aliphatic heterocycles. The topological polar surface area (TPSA) is 81.2 Å². The lowest BCUT2D eigenvalue weighted by molar-refractivity contribution is 0.0542. The Balaban J connectivity index is 2.64. The van der Waals surface area contributed by atoms with Crippen LogP contribution >= 0.6 is 0 Å². The zero-order valence-corrected chi connectivity index (χ0v) is 10.5. The number of nitrogens with two attached hydrogens (primary N) is 1. The quantitative estimate of drug-likeness (QED) is 0.446. The minimum Gasteiger partial charge on any atom is -0.475 e. The van der Waals surface area contributed by atoms with Gasteiger partial charge in [-0.2, -0.15) is 0 Å². The van der Waals surface area contributed by atoms with Crippen LogP contribution in [0.15, 0.2) is 12.3 Å². The molecule has 1 aromatic heterocycles. The van der Waals surface area contributed by atoms with E-state index < -0.39 is 0 Å².